The van der Waals surface area contributed by atoms with Crippen LogP contribution >= 0.6 is 0 Å². The van der Waals surface area contributed by atoms with E-state index in [0.717, 1.165) is 25.8 Å². The number of rotatable bonds is 7. The Hall–Kier alpha value is -0.570. The Kier molecular flexibility index (Phi) is 7.48. The smallest absolute Gasteiger partial charge is 0.219 e. The first-order chi connectivity index (χ1) is 6.57. The Morgan fingerprint density at radius 2 is 2.00 bits per heavy atom. The molecule has 0 spiro atoms. The Balaban J connectivity index is 3.25. The van der Waals surface area contributed by atoms with E-state index in [0.29, 0.717) is 18.4 Å². The minimum atomic E-state index is 0.137. The molecule has 3 N–H and O–H groups in total. The Morgan fingerprint density at radius 1 is 1.36 bits per heavy atom. The van der Waals surface area contributed by atoms with E-state index in [1.807, 2.05) is 6.92 Å². The summed E-state index contributed by atoms with van der Waals surface area (Å²) in [4.78, 5) is 10.9. The fraction of sp³-hybridized carbons (Fsp3) is 0.909. The van der Waals surface area contributed by atoms with Gasteiger partial charge >= 0.3 is 0 Å². The SMILES string of the molecule is CCC(=O)NCCCCC(N)C(C)C. The van der Waals surface area contributed by atoms with E-state index in [1.54, 1.807) is 0 Å². The van der Waals surface area contributed by atoms with E-state index in [9.17, 15) is 4.79 Å². The van der Waals surface area contributed by atoms with E-state index in [-0.39, 0.29) is 5.91 Å². The number of carbonyl (C=O) groups is 1. The summed E-state index contributed by atoms with van der Waals surface area (Å²) in [6.45, 7) is 6.94. The van der Waals surface area contributed by atoms with Crippen molar-refractivity contribution in [2.45, 2.75) is 52.5 Å². The molecule has 0 aromatic rings. The number of hydrogen-bond donors (Lipinski definition) is 2. The topological polar surface area (TPSA) is 55.1 Å². The molecule has 0 aromatic carbocycles. The van der Waals surface area contributed by atoms with Crippen LogP contribution in [0.1, 0.15) is 46.5 Å². The standard InChI is InChI=1S/C11H24N2O/c1-4-11(14)13-8-6-5-7-10(12)9(2)3/h9-10H,4-8,12H2,1-3H3,(H,13,14). The predicted octanol–water partition coefficient (Wildman–Crippen LogP) is 1.67. The normalized spacial score (nSPS) is 12.9. The average molecular weight is 200 g/mol. The fourth-order valence-corrected chi connectivity index (χ4v) is 1.19. The summed E-state index contributed by atoms with van der Waals surface area (Å²) in [5.74, 6) is 0.693. The van der Waals surface area contributed by atoms with E-state index >= 15 is 0 Å². The number of hydrogen-bond acceptors (Lipinski definition) is 2. The van der Waals surface area contributed by atoms with Crippen LogP contribution < -0.4 is 11.1 Å². The molecule has 3 nitrogen and oxygen atoms in total. The number of amides is 1. The minimum absolute atomic E-state index is 0.137. The molecule has 0 saturated heterocycles. The second-order valence-corrected chi connectivity index (χ2v) is 4.11. The highest BCUT2D eigenvalue weighted by atomic mass is 16.1. The maximum absolute atomic E-state index is 10.9. The lowest BCUT2D eigenvalue weighted by Crippen LogP contribution is -2.27. The van der Waals surface area contributed by atoms with Gasteiger partial charge in [-0.1, -0.05) is 27.2 Å². The molecule has 14 heavy (non-hydrogen) atoms. The van der Waals surface area contributed by atoms with E-state index in [4.69, 9.17) is 5.73 Å². The van der Waals surface area contributed by atoms with Crippen LogP contribution in [0, 0.1) is 5.92 Å². The highest BCUT2D eigenvalue weighted by Gasteiger charge is 2.06. The van der Waals surface area contributed by atoms with E-state index in [2.05, 4.69) is 19.2 Å². The first-order valence-corrected chi connectivity index (χ1v) is 5.60. The van der Waals surface area contributed by atoms with Crippen molar-refractivity contribution >= 4 is 5.91 Å². The van der Waals surface area contributed by atoms with Crippen LogP contribution in [0.4, 0.5) is 0 Å². The van der Waals surface area contributed by atoms with Gasteiger partial charge in [0.2, 0.25) is 5.91 Å². The molecule has 0 aliphatic rings. The van der Waals surface area contributed by atoms with Crippen LogP contribution in [0.15, 0.2) is 0 Å². The molecule has 0 bridgehead atoms. The van der Waals surface area contributed by atoms with Gasteiger partial charge in [-0.25, -0.2) is 0 Å². The van der Waals surface area contributed by atoms with Gasteiger partial charge in [-0.05, 0) is 18.8 Å². The first kappa shape index (κ1) is 13.4. The van der Waals surface area contributed by atoms with Gasteiger partial charge in [-0.3, -0.25) is 4.79 Å². The van der Waals surface area contributed by atoms with Gasteiger partial charge in [0.25, 0.3) is 0 Å². The summed E-state index contributed by atoms with van der Waals surface area (Å²) in [6, 6.07) is 0.303. The van der Waals surface area contributed by atoms with Crippen LogP contribution in [0.5, 0.6) is 0 Å². The molecule has 0 radical (unpaired) electrons. The third-order valence-corrected chi connectivity index (χ3v) is 2.46. The molecule has 0 heterocycles. The molecule has 3 heteroatoms. The molecular formula is C11H24N2O. The van der Waals surface area contributed by atoms with Crippen LogP contribution in [-0.4, -0.2) is 18.5 Å². The molecule has 0 aromatic heterocycles. The van der Waals surface area contributed by atoms with Gasteiger partial charge in [0.05, 0.1) is 0 Å². The summed E-state index contributed by atoms with van der Waals surface area (Å²) in [5, 5.41) is 2.86. The molecule has 0 fully saturated rings. The van der Waals surface area contributed by atoms with Crippen LogP contribution in [0.3, 0.4) is 0 Å². The highest BCUT2D eigenvalue weighted by molar-refractivity contribution is 5.75. The quantitative estimate of drug-likeness (QED) is 0.614. The second kappa shape index (κ2) is 7.80. The number of nitrogens with two attached hydrogens (primary N) is 1. The second-order valence-electron chi connectivity index (χ2n) is 4.11. The fourth-order valence-electron chi connectivity index (χ4n) is 1.19. The van der Waals surface area contributed by atoms with Gasteiger partial charge in [-0.2, -0.15) is 0 Å². The molecule has 1 amide bonds. The summed E-state index contributed by atoms with van der Waals surface area (Å²) in [5.41, 5.74) is 5.90. The highest BCUT2D eigenvalue weighted by Crippen LogP contribution is 2.06. The molecule has 84 valence electrons. The van der Waals surface area contributed by atoms with E-state index < -0.39 is 0 Å². The van der Waals surface area contributed by atoms with Gasteiger partial charge in [0.1, 0.15) is 0 Å². The molecule has 0 rings (SSSR count). The third-order valence-electron chi connectivity index (χ3n) is 2.46. The number of carbonyl (C=O) groups excluding carboxylic acids is 1. The molecule has 0 aliphatic carbocycles. The molecule has 0 saturated carbocycles. The van der Waals surface area contributed by atoms with Crippen molar-refractivity contribution < 1.29 is 4.79 Å². The maximum atomic E-state index is 10.9. The van der Waals surface area contributed by atoms with Crippen molar-refractivity contribution in [3.05, 3.63) is 0 Å². The third kappa shape index (κ3) is 6.89. The molecular weight excluding hydrogens is 176 g/mol. The van der Waals surface area contributed by atoms with Crippen molar-refractivity contribution in [3.63, 3.8) is 0 Å². The average Bonchev–Trinajstić information content (AvgIpc) is 2.16. The Morgan fingerprint density at radius 3 is 2.50 bits per heavy atom. The van der Waals surface area contributed by atoms with Gasteiger partial charge in [-0.15, -0.1) is 0 Å². The molecule has 1 atom stereocenters. The van der Waals surface area contributed by atoms with Crippen LogP contribution in [0.25, 0.3) is 0 Å². The van der Waals surface area contributed by atoms with Crippen molar-refractivity contribution in [2.75, 3.05) is 6.54 Å². The lowest BCUT2D eigenvalue weighted by atomic mass is 9.99. The Bertz CT molecular complexity index is 157. The summed E-state index contributed by atoms with van der Waals surface area (Å²) in [7, 11) is 0. The monoisotopic (exact) mass is 200 g/mol. The largest absolute Gasteiger partial charge is 0.356 e. The minimum Gasteiger partial charge on any atom is -0.356 e. The van der Waals surface area contributed by atoms with Crippen molar-refractivity contribution in [3.8, 4) is 0 Å². The Labute approximate surface area is 87.4 Å². The zero-order chi connectivity index (χ0) is 11.0. The number of nitrogens with one attached hydrogen (secondary N) is 1. The zero-order valence-corrected chi connectivity index (χ0v) is 9.68. The summed E-state index contributed by atoms with van der Waals surface area (Å²) < 4.78 is 0. The maximum Gasteiger partial charge on any atom is 0.219 e. The lowest BCUT2D eigenvalue weighted by molar-refractivity contribution is -0.120. The summed E-state index contributed by atoms with van der Waals surface area (Å²) >= 11 is 0. The van der Waals surface area contributed by atoms with Crippen molar-refractivity contribution in [1.82, 2.24) is 5.32 Å². The first-order valence-electron chi connectivity index (χ1n) is 5.60. The predicted molar refractivity (Wildman–Crippen MR) is 60.0 cm³/mol. The molecule has 1 unspecified atom stereocenters. The number of unbranched alkanes of at least 4 members (excludes halogenated alkanes) is 1. The van der Waals surface area contributed by atoms with Gasteiger partial charge in [0, 0.05) is 19.0 Å². The molecule has 0 aliphatic heterocycles. The van der Waals surface area contributed by atoms with Crippen molar-refractivity contribution in [1.29, 1.82) is 0 Å². The summed E-state index contributed by atoms with van der Waals surface area (Å²) in [6.07, 6.45) is 3.76. The van der Waals surface area contributed by atoms with E-state index in [1.165, 1.54) is 0 Å². The van der Waals surface area contributed by atoms with Gasteiger partial charge < -0.3 is 11.1 Å². The lowest BCUT2D eigenvalue weighted by Gasteiger charge is -2.14. The van der Waals surface area contributed by atoms with Crippen molar-refractivity contribution in [2.24, 2.45) is 11.7 Å². The van der Waals surface area contributed by atoms with Crippen LogP contribution in [-0.2, 0) is 4.79 Å². The zero-order valence-electron chi connectivity index (χ0n) is 9.68. The van der Waals surface area contributed by atoms with Crippen LogP contribution in [0.2, 0.25) is 0 Å². The van der Waals surface area contributed by atoms with Gasteiger partial charge in [0.15, 0.2) is 0 Å².